The van der Waals surface area contributed by atoms with E-state index in [2.05, 4.69) is 22.2 Å². The van der Waals surface area contributed by atoms with Gasteiger partial charge in [0.05, 0.1) is 23.9 Å². The Morgan fingerprint density at radius 1 is 1.45 bits per heavy atom. The van der Waals surface area contributed by atoms with Gasteiger partial charge in [-0.05, 0) is 31.3 Å². The van der Waals surface area contributed by atoms with E-state index in [1.165, 1.54) is 0 Å². The monoisotopic (exact) mass is 272 g/mol. The summed E-state index contributed by atoms with van der Waals surface area (Å²) in [6, 6.07) is 7.80. The van der Waals surface area contributed by atoms with Crippen molar-refractivity contribution in [1.82, 2.24) is 9.88 Å². The van der Waals surface area contributed by atoms with Crippen LogP contribution >= 0.6 is 0 Å². The molecule has 3 N–H and O–H groups in total. The summed E-state index contributed by atoms with van der Waals surface area (Å²) in [5.41, 5.74) is 8.66. The van der Waals surface area contributed by atoms with Crippen molar-refractivity contribution in [1.29, 1.82) is 0 Å². The quantitative estimate of drug-likeness (QED) is 0.830. The molecule has 1 fully saturated rings. The largest absolute Gasteiger partial charge is 0.398 e. The lowest BCUT2D eigenvalue weighted by atomic mass is 10.1. The fourth-order valence-corrected chi connectivity index (χ4v) is 2.55. The van der Waals surface area contributed by atoms with E-state index in [9.17, 15) is 0 Å². The van der Waals surface area contributed by atoms with Crippen molar-refractivity contribution in [2.24, 2.45) is 0 Å². The minimum Gasteiger partial charge on any atom is -0.398 e. The highest BCUT2D eigenvalue weighted by Gasteiger charge is 2.17. The summed E-state index contributed by atoms with van der Waals surface area (Å²) in [6.07, 6.45) is 2.00. The van der Waals surface area contributed by atoms with Gasteiger partial charge < -0.3 is 20.7 Å². The van der Waals surface area contributed by atoms with Crippen LogP contribution in [0.3, 0.4) is 0 Å². The molecule has 1 aliphatic heterocycles. The van der Waals surface area contributed by atoms with Gasteiger partial charge in [0.1, 0.15) is 0 Å². The zero-order chi connectivity index (χ0) is 13.9. The minimum absolute atomic E-state index is 0.213. The Hall–Kier alpha value is -1.85. The topological polar surface area (TPSA) is 63.4 Å². The Labute approximate surface area is 118 Å². The van der Waals surface area contributed by atoms with Gasteiger partial charge in [0.25, 0.3) is 0 Å². The number of fused-ring (bicyclic) bond motifs is 1. The number of benzene rings is 1. The molecule has 106 valence electrons. The zero-order valence-electron chi connectivity index (χ0n) is 11.7. The number of anilines is 2. The SMILES string of the molecule is CN1CCOC(CNc2ccc(N)c3cccnc23)C1. The van der Waals surface area contributed by atoms with Gasteiger partial charge in [-0.25, -0.2) is 0 Å². The van der Waals surface area contributed by atoms with Gasteiger partial charge in [0.2, 0.25) is 0 Å². The maximum Gasteiger partial charge on any atom is 0.0953 e. The van der Waals surface area contributed by atoms with Gasteiger partial charge in [-0.3, -0.25) is 4.98 Å². The third-order valence-electron chi connectivity index (χ3n) is 3.67. The Balaban J connectivity index is 1.76. The van der Waals surface area contributed by atoms with Crippen LogP contribution in [0.15, 0.2) is 30.5 Å². The van der Waals surface area contributed by atoms with E-state index in [1.54, 1.807) is 6.20 Å². The van der Waals surface area contributed by atoms with Gasteiger partial charge in [-0.1, -0.05) is 0 Å². The van der Waals surface area contributed by atoms with E-state index in [1.807, 2.05) is 24.3 Å². The van der Waals surface area contributed by atoms with Gasteiger partial charge in [0.15, 0.2) is 0 Å². The molecule has 1 unspecified atom stereocenters. The van der Waals surface area contributed by atoms with Crippen LogP contribution in [0.4, 0.5) is 11.4 Å². The molecule has 0 saturated carbocycles. The maximum atomic E-state index is 5.98. The highest BCUT2D eigenvalue weighted by Crippen LogP contribution is 2.26. The molecule has 5 heteroatoms. The highest BCUT2D eigenvalue weighted by atomic mass is 16.5. The van der Waals surface area contributed by atoms with Crippen LogP contribution in [0.5, 0.6) is 0 Å². The molecule has 0 spiro atoms. The van der Waals surface area contributed by atoms with Crippen molar-refractivity contribution in [3.8, 4) is 0 Å². The van der Waals surface area contributed by atoms with Crippen LogP contribution in [-0.4, -0.2) is 49.3 Å². The predicted octanol–water partition coefficient (Wildman–Crippen LogP) is 1.56. The van der Waals surface area contributed by atoms with Crippen molar-refractivity contribution in [2.75, 3.05) is 44.3 Å². The molecule has 1 aromatic heterocycles. The first kappa shape index (κ1) is 13.1. The van der Waals surface area contributed by atoms with Crippen molar-refractivity contribution in [2.45, 2.75) is 6.10 Å². The third kappa shape index (κ3) is 2.69. The number of nitrogens with one attached hydrogen (secondary N) is 1. The summed E-state index contributed by atoms with van der Waals surface area (Å²) in [4.78, 5) is 6.71. The standard InChI is InChI=1S/C15H20N4O/c1-19-7-8-20-11(10-19)9-18-14-5-4-13(16)12-3-2-6-17-15(12)14/h2-6,11,18H,7-10,16H2,1H3. The summed E-state index contributed by atoms with van der Waals surface area (Å²) in [7, 11) is 2.12. The second-order valence-corrected chi connectivity index (χ2v) is 5.24. The number of likely N-dealkylation sites (N-methyl/N-ethyl adjacent to an activating group) is 1. The number of nitrogens with zero attached hydrogens (tertiary/aromatic N) is 2. The Kier molecular flexibility index (Phi) is 3.71. The lowest BCUT2D eigenvalue weighted by Gasteiger charge is -2.30. The first-order valence-electron chi connectivity index (χ1n) is 6.91. The molecule has 2 heterocycles. The lowest BCUT2D eigenvalue weighted by molar-refractivity contribution is -0.0117. The molecule has 1 saturated heterocycles. The average molecular weight is 272 g/mol. The number of hydrogen-bond acceptors (Lipinski definition) is 5. The van der Waals surface area contributed by atoms with Gasteiger partial charge in [-0.15, -0.1) is 0 Å². The van der Waals surface area contributed by atoms with Crippen LogP contribution in [0.1, 0.15) is 0 Å². The lowest BCUT2D eigenvalue weighted by Crippen LogP contribution is -2.43. The van der Waals surface area contributed by atoms with E-state index < -0.39 is 0 Å². The molecule has 0 bridgehead atoms. The first-order chi connectivity index (χ1) is 9.74. The van der Waals surface area contributed by atoms with Gasteiger partial charge in [-0.2, -0.15) is 0 Å². The van der Waals surface area contributed by atoms with E-state index in [-0.39, 0.29) is 6.10 Å². The van der Waals surface area contributed by atoms with E-state index in [0.29, 0.717) is 0 Å². The molecular weight excluding hydrogens is 252 g/mol. The molecule has 3 rings (SSSR count). The molecule has 0 radical (unpaired) electrons. The molecule has 1 aromatic carbocycles. The Morgan fingerprint density at radius 2 is 2.35 bits per heavy atom. The Bertz CT molecular complexity index is 601. The van der Waals surface area contributed by atoms with Crippen LogP contribution < -0.4 is 11.1 Å². The summed E-state index contributed by atoms with van der Waals surface area (Å²) in [6.45, 7) is 3.53. The van der Waals surface area contributed by atoms with E-state index in [0.717, 1.165) is 48.5 Å². The summed E-state index contributed by atoms with van der Waals surface area (Å²) in [5, 5.41) is 4.42. The number of aromatic nitrogens is 1. The number of ether oxygens (including phenoxy) is 1. The van der Waals surface area contributed by atoms with E-state index >= 15 is 0 Å². The van der Waals surface area contributed by atoms with Crippen LogP contribution in [-0.2, 0) is 4.74 Å². The van der Waals surface area contributed by atoms with Crippen molar-refractivity contribution < 1.29 is 4.74 Å². The minimum atomic E-state index is 0.213. The molecule has 1 atom stereocenters. The number of pyridine rings is 1. The van der Waals surface area contributed by atoms with Crippen molar-refractivity contribution >= 4 is 22.3 Å². The summed E-state index contributed by atoms with van der Waals surface area (Å²) < 4.78 is 5.76. The van der Waals surface area contributed by atoms with Crippen LogP contribution in [0.25, 0.3) is 10.9 Å². The number of morpholine rings is 1. The highest BCUT2D eigenvalue weighted by molar-refractivity contribution is 5.98. The molecule has 20 heavy (non-hydrogen) atoms. The van der Waals surface area contributed by atoms with Gasteiger partial charge >= 0.3 is 0 Å². The summed E-state index contributed by atoms with van der Waals surface area (Å²) in [5.74, 6) is 0. The maximum absolute atomic E-state index is 5.98. The molecule has 1 aliphatic rings. The van der Waals surface area contributed by atoms with E-state index in [4.69, 9.17) is 10.5 Å². The number of nitrogens with two attached hydrogens (primary N) is 1. The number of nitrogen functional groups attached to an aromatic ring is 1. The Morgan fingerprint density at radius 3 is 3.20 bits per heavy atom. The number of rotatable bonds is 3. The predicted molar refractivity (Wildman–Crippen MR) is 81.9 cm³/mol. The third-order valence-corrected chi connectivity index (χ3v) is 3.67. The molecule has 0 aliphatic carbocycles. The van der Waals surface area contributed by atoms with Crippen LogP contribution in [0.2, 0.25) is 0 Å². The normalized spacial score (nSPS) is 20.1. The second-order valence-electron chi connectivity index (χ2n) is 5.24. The van der Waals surface area contributed by atoms with Crippen LogP contribution in [0, 0.1) is 0 Å². The molecule has 5 nitrogen and oxygen atoms in total. The molecule has 2 aromatic rings. The smallest absolute Gasteiger partial charge is 0.0953 e. The fraction of sp³-hybridized carbons (Fsp3) is 0.400. The average Bonchev–Trinajstić information content (AvgIpc) is 2.47. The van der Waals surface area contributed by atoms with Gasteiger partial charge in [0, 0.05) is 36.9 Å². The second kappa shape index (κ2) is 5.64. The van der Waals surface area contributed by atoms with Crippen molar-refractivity contribution in [3.05, 3.63) is 30.5 Å². The molecule has 0 amide bonds. The zero-order valence-corrected chi connectivity index (χ0v) is 11.7. The fourth-order valence-electron chi connectivity index (χ4n) is 2.55. The molecular formula is C15H20N4O. The first-order valence-corrected chi connectivity index (χ1v) is 6.91. The van der Waals surface area contributed by atoms with Crippen molar-refractivity contribution in [3.63, 3.8) is 0 Å². The number of hydrogen-bond donors (Lipinski definition) is 2. The summed E-state index contributed by atoms with van der Waals surface area (Å²) >= 11 is 0.